The number of imidazole rings is 1. The van der Waals surface area contributed by atoms with Crippen LogP contribution in [0.1, 0.15) is 24.8 Å². The van der Waals surface area contributed by atoms with Gasteiger partial charge in [-0.3, -0.25) is 4.57 Å². The van der Waals surface area contributed by atoms with Crippen molar-refractivity contribution >= 4 is 22.8 Å². The molecule has 5 nitrogen and oxygen atoms in total. The molecule has 3 N–H and O–H groups in total. The van der Waals surface area contributed by atoms with Crippen LogP contribution in [0.25, 0.3) is 39.6 Å². The summed E-state index contributed by atoms with van der Waals surface area (Å²) in [4.78, 5) is 9.92. The monoisotopic (exact) mass is 461 g/mol. The molecule has 1 fully saturated rings. The van der Waals surface area contributed by atoms with Crippen molar-refractivity contribution in [2.75, 3.05) is 5.32 Å². The summed E-state index contributed by atoms with van der Waals surface area (Å²) in [5.41, 5.74) is 15.0. The molecule has 0 amide bonds. The van der Waals surface area contributed by atoms with Gasteiger partial charge in [-0.2, -0.15) is 11.3 Å². The van der Waals surface area contributed by atoms with Gasteiger partial charge in [0, 0.05) is 33.8 Å². The van der Waals surface area contributed by atoms with E-state index in [1.165, 1.54) is 12.0 Å². The van der Waals surface area contributed by atoms with Gasteiger partial charge in [-0.05, 0) is 60.5 Å². The van der Waals surface area contributed by atoms with Gasteiger partial charge in [0.1, 0.15) is 5.82 Å². The molecular weight excluding hydrogens is 438 g/mol. The average Bonchev–Trinajstić information content (AvgIpc) is 3.49. The van der Waals surface area contributed by atoms with Gasteiger partial charge in [-0.25, -0.2) is 9.97 Å². The van der Waals surface area contributed by atoms with E-state index in [9.17, 15) is 0 Å². The van der Waals surface area contributed by atoms with E-state index in [2.05, 4.69) is 80.2 Å². The predicted octanol–water partition coefficient (Wildman–Crippen LogP) is 6.72. The Morgan fingerprint density at radius 3 is 2.56 bits per heavy atom. The van der Waals surface area contributed by atoms with Gasteiger partial charge in [-0.15, -0.1) is 0 Å². The molecule has 2 aliphatic rings. The Kier molecular flexibility index (Phi) is 4.28. The van der Waals surface area contributed by atoms with Crippen LogP contribution in [-0.2, 0) is 5.54 Å². The van der Waals surface area contributed by atoms with Crippen molar-refractivity contribution in [3.8, 4) is 39.6 Å². The van der Waals surface area contributed by atoms with Gasteiger partial charge < -0.3 is 11.1 Å². The highest BCUT2D eigenvalue weighted by Crippen LogP contribution is 2.45. The number of fused-ring (bicyclic) bond motifs is 5. The first kappa shape index (κ1) is 19.7. The Balaban J connectivity index is 1.53. The number of hydrogen-bond donors (Lipinski definition) is 2. The summed E-state index contributed by atoms with van der Waals surface area (Å²) in [6.07, 6.45) is 5.13. The summed E-state index contributed by atoms with van der Waals surface area (Å²) in [7, 11) is 0. The zero-order chi connectivity index (χ0) is 22.7. The number of aromatic nitrogens is 3. The third kappa shape index (κ3) is 2.89. The maximum Gasteiger partial charge on any atom is 0.154 e. The maximum atomic E-state index is 6.62. The van der Waals surface area contributed by atoms with E-state index in [1.807, 2.05) is 18.3 Å². The molecule has 5 aromatic rings. The molecule has 0 atom stereocenters. The van der Waals surface area contributed by atoms with Crippen molar-refractivity contribution in [1.82, 2.24) is 14.5 Å². The summed E-state index contributed by atoms with van der Waals surface area (Å²) in [6.45, 7) is 0. The van der Waals surface area contributed by atoms with Crippen molar-refractivity contribution in [2.24, 2.45) is 5.73 Å². The van der Waals surface area contributed by atoms with Crippen LogP contribution >= 0.6 is 11.3 Å². The molecule has 1 aliphatic heterocycles. The van der Waals surface area contributed by atoms with Gasteiger partial charge in [0.15, 0.2) is 5.82 Å². The molecule has 34 heavy (non-hydrogen) atoms. The molecule has 3 aromatic heterocycles. The summed E-state index contributed by atoms with van der Waals surface area (Å²) in [5.74, 6) is 1.72. The number of anilines is 2. The first-order valence-electron chi connectivity index (χ1n) is 11.6. The minimum atomic E-state index is -0.178. The summed E-state index contributed by atoms with van der Waals surface area (Å²) >= 11 is 1.69. The molecule has 1 aliphatic carbocycles. The Morgan fingerprint density at radius 1 is 0.941 bits per heavy atom. The minimum absolute atomic E-state index is 0.178. The van der Waals surface area contributed by atoms with E-state index in [4.69, 9.17) is 10.7 Å². The first-order valence-corrected chi connectivity index (χ1v) is 12.5. The van der Waals surface area contributed by atoms with Gasteiger partial charge >= 0.3 is 0 Å². The molecule has 0 bridgehead atoms. The SMILES string of the molecule is NC1(c2ccc(-c3c(-c4ccsc4)nc4n3-c3cccnc3Nc3ccccc3-4)cc2)CCC1. The Labute approximate surface area is 201 Å². The van der Waals surface area contributed by atoms with Crippen LogP contribution in [0.5, 0.6) is 0 Å². The third-order valence-electron chi connectivity index (χ3n) is 7.10. The Morgan fingerprint density at radius 2 is 1.79 bits per heavy atom. The normalized spacial score (nSPS) is 15.3. The molecule has 166 valence electrons. The third-order valence-corrected chi connectivity index (χ3v) is 7.78. The highest BCUT2D eigenvalue weighted by atomic mass is 32.1. The van der Waals surface area contributed by atoms with Gasteiger partial charge in [0.05, 0.1) is 22.8 Å². The second kappa shape index (κ2) is 7.38. The maximum absolute atomic E-state index is 6.62. The van der Waals surface area contributed by atoms with Crippen molar-refractivity contribution in [1.29, 1.82) is 0 Å². The van der Waals surface area contributed by atoms with Crippen molar-refractivity contribution < 1.29 is 0 Å². The van der Waals surface area contributed by atoms with Crippen LogP contribution in [0.4, 0.5) is 11.5 Å². The van der Waals surface area contributed by atoms with Gasteiger partial charge in [-0.1, -0.05) is 36.4 Å². The Bertz CT molecular complexity index is 1510. The van der Waals surface area contributed by atoms with Gasteiger partial charge in [0.25, 0.3) is 0 Å². The molecule has 7 rings (SSSR count). The van der Waals surface area contributed by atoms with Crippen LogP contribution in [0.3, 0.4) is 0 Å². The quantitative estimate of drug-likeness (QED) is 0.307. The van der Waals surface area contributed by atoms with Crippen molar-refractivity contribution in [3.63, 3.8) is 0 Å². The summed E-state index contributed by atoms with van der Waals surface area (Å²) < 4.78 is 2.25. The second-order valence-electron chi connectivity index (χ2n) is 9.11. The fraction of sp³-hybridized carbons (Fsp3) is 0.143. The minimum Gasteiger partial charge on any atom is -0.338 e. The molecule has 1 saturated carbocycles. The van der Waals surface area contributed by atoms with Crippen molar-refractivity contribution in [3.05, 3.63) is 89.3 Å². The topological polar surface area (TPSA) is 68.8 Å². The molecule has 0 unspecified atom stereocenters. The van der Waals surface area contributed by atoms with E-state index in [0.717, 1.165) is 63.9 Å². The van der Waals surface area contributed by atoms with E-state index in [0.29, 0.717) is 0 Å². The standard InChI is InChI=1S/C28H23N5S/c29-28(13-4-14-28)20-10-8-18(9-11-20)25-24(19-12-16-34-17-19)32-27-21-5-1-2-6-22(21)31-26-23(33(25)27)7-3-15-30-26/h1-3,5-12,15-17H,4,13-14,29H2,(H,30,31). The number of nitrogens with one attached hydrogen (secondary N) is 1. The fourth-order valence-electron chi connectivity index (χ4n) is 5.10. The lowest BCUT2D eigenvalue weighted by atomic mass is 9.72. The first-order chi connectivity index (χ1) is 16.7. The van der Waals surface area contributed by atoms with Crippen LogP contribution in [0, 0.1) is 0 Å². The lowest BCUT2D eigenvalue weighted by molar-refractivity contribution is 0.253. The zero-order valence-corrected chi connectivity index (χ0v) is 19.3. The largest absolute Gasteiger partial charge is 0.338 e. The van der Waals surface area contributed by atoms with Crippen LogP contribution < -0.4 is 11.1 Å². The van der Waals surface area contributed by atoms with E-state index < -0.39 is 0 Å². The molecule has 0 radical (unpaired) electrons. The molecule has 0 saturated heterocycles. The number of thiophene rings is 1. The highest BCUT2D eigenvalue weighted by Gasteiger charge is 2.34. The van der Waals surface area contributed by atoms with Crippen molar-refractivity contribution in [2.45, 2.75) is 24.8 Å². The summed E-state index contributed by atoms with van der Waals surface area (Å²) in [5, 5.41) is 7.79. The van der Waals surface area contributed by atoms with Crippen LogP contribution in [0.15, 0.2) is 83.7 Å². The number of benzene rings is 2. The highest BCUT2D eigenvalue weighted by molar-refractivity contribution is 7.08. The van der Waals surface area contributed by atoms with Crippen LogP contribution in [-0.4, -0.2) is 14.5 Å². The molecular formula is C28H23N5S. The van der Waals surface area contributed by atoms with E-state index >= 15 is 0 Å². The number of hydrogen-bond acceptors (Lipinski definition) is 5. The molecule has 2 aromatic carbocycles. The summed E-state index contributed by atoms with van der Waals surface area (Å²) in [6, 6.07) is 23.3. The lowest BCUT2D eigenvalue weighted by Crippen LogP contribution is -2.43. The van der Waals surface area contributed by atoms with E-state index in [-0.39, 0.29) is 5.54 Å². The number of nitrogens with zero attached hydrogens (tertiary/aromatic N) is 3. The number of para-hydroxylation sites is 1. The molecule has 4 heterocycles. The zero-order valence-electron chi connectivity index (χ0n) is 18.5. The van der Waals surface area contributed by atoms with E-state index in [1.54, 1.807) is 11.3 Å². The van der Waals surface area contributed by atoms with Crippen LogP contribution in [0.2, 0.25) is 0 Å². The lowest BCUT2D eigenvalue weighted by Gasteiger charge is -2.38. The number of rotatable bonds is 3. The predicted molar refractivity (Wildman–Crippen MR) is 139 cm³/mol. The number of pyridine rings is 1. The Hall–Kier alpha value is -3.74. The fourth-order valence-corrected chi connectivity index (χ4v) is 5.74. The molecule has 0 spiro atoms. The average molecular weight is 462 g/mol. The van der Waals surface area contributed by atoms with Gasteiger partial charge in [0.2, 0.25) is 0 Å². The second-order valence-corrected chi connectivity index (χ2v) is 9.89. The molecule has 6 heteroatoms. The smallest absolute Gasteiger partial charge is 0.154 e. The number of nitrogens with two attached hydrogens (primary N) is 1.